The summed E-state index contributed by atoms with van der Waals surface area (Å²) in [5.74, 6) is 0. The van der Waals surface area contributed by atoms with Gasteiger partial charge >= 0.3 is 0 Å². The van der Waals surface area contributed by atoms with Gasteiger partial charge in [0.15, 0.2) is 0 Å². The smallest absolute Gasteiger partial charge is 0.0581 e. The number of aliphatic hydroxyl groups is 1. The third-order valence-electron chi connectivity index (χ3n) is 5.61. The van der Waals surface area contributed by atoms with Crippen LogP contribution >= 0.6 is 0 Å². The Morgan fingerprint density at radius 3 is 2.74 bits per heavy atom. The van der Waals surface area contributed by atoms with Gasteiger partial charge in [-0.3, -0.25) is 4.68 Å². The Morgan fingerprint density at radius 2 is 2.09 bits per heavy atom. The number of rotatable bonds is 7. The number of hydrogen-bond acceptors (Lipinski definition) is 4. The van der Waals surface area contributed by atoms with Crippen LogP contribution in [0.25, 0.3) is 0 Å². The lowest BCUT2D eigenvalue weighted by molar-refractivity contribution is -0.0480. The third kappa shape index (κ3) is 4.78. The van der Waals surface area contributed by atoms with Gasteiger partial charge in [-0.15, -0.1) is 0 Å². The minimum atomic E-state index is 0.0977. The van der Waals surface area contributed by atoms with E-state index in [2.05, 4.69) is 10.00 Å². The molecule has 2 fully saturated rings. The predicted molar refractivity (Wildman–Crippen MR) is 90.2 cm³/mol. The van der Waals surface area contributed by atoms with Crippen LogP contribution in [0, 0.1) is 5.41 Å². The fourth-order valence-electron chi connectivity index (χ4n) is 4.02. The Kier molecular flexibility index (Phi) is 6.08. The van der Waals surface area contributed by atoms with Gasteiger partial charge in [0.25, 0.3) is 0 Å². The molecule has 2 aliphatic heterocycles. The molecule has 130 valence electrons. The molecule has 0 amide bonds. The molecular weight excluding hydrogens is 290 g/mol. The molecule has 2 saturated heterocycles. The number of nitrogens with zero attached hydrogens (tertiary/aromatic N) is 3. The number of likely N-dealkylation sites (tertiary alicyclic amines) is 1. The summed E-state index contributed by atoms with van der Waals surface area (Å²) in [5.41, 5.74) is 0.0977. The Labute approximate surface area is 139 Å². The van der Waals surface area contributed by atoms with Crippen molar-refractivity contribution >= 4 is 0 Å². The van der Waals surface area contributed by atoms with E-state index in [0.717, 1.165) is 58.5 Å². The van der Waals surface area contributed by atoms with Crippen LogP contribution in [0.15, 0.2) is 18.5 Å². The standard InChI is InChI=1S/C18H31N3O2/c22-16-18(15-17-5-1-2-14-23-17)6-12-20(13-7-18)9-4-11-21-10-3-8-19-21/h3,8,10,17,22H,1-2,4-7,9,11-16H2/t17-/m0/s1. The maximum atomic E-state index is 9.97. The van der Waals surface area contributed by atoms with Crippen molar-refractivity contribution in [2.75, 3.05) is 32.8 Å². The van der Waals surface area contributed by atoms with Crippen LogP contribution in [-0.4, -0.2) is 58.7 Å². The van der Waals surface area contributed by atoms with Crippen LogP contribution in [0.2, 0.25) is 0 Å². The fraction of sp³-hybridized carbons (Fsp3) is 0.833. The van der Waals surface area contributed by atoms with Gasteiger partial charge < -0.3 is 14.7 Å². The SMILES string of the molecule is OCC1(C[C@@H]2CCCCO2)CCN(CCCn2cccn2)CC1. The lowest BCUT2D eigenvalue weighted by Gasteiger charge is -2.43. The molecule has 3 heterocycles. The van der Waals surface area contributed by atoms with Crippen LogP contribution in [0.1, 0.15) is 44.9 Å². The summed E-state index contributed by atoms with van der Waals surface area (Å²) >= 11 is 0. The van der Waals surface area contributed by atoms with Gasteiger partial charge in [0.1, 0.15) is 0 Å². The number of aromatic nitrogens is 2. The van der Waals surface area contributed by atoms with Gasteiger partial charge in [-0.2, -0.15) is 5.10 Å². The molecule has 5 nitrogen and oxygen atoms in total. The summed E-state index contributed by atoms with van der Waals surface area (Å²) in [6, 6.07) is 1.98. The van der Waals surface area contributed by atoms with Crippen LogP contribution < -0.4 is 0 Å². The molecule has 1 N–H and O–H groups in total. The number of ether oxygens (including phenoxy) is 1. The summed E-state index contributed by atoms with van der Waals surface area (Å²) in [7, 11) is 0. The van der Waals surface area contributed by atoms with Crippen molar-refractivity contribution in [3.05, 3.63) is 18.5 Å². The molecule has 1 aromatic rings. The Balaban J connectivity index is 1.40. The average Bonchev–Trinajstić information content (AvgIpc) is 3.11. The van der Waals surface area contributed by atoms with Crippen LogP contribution in [0.5, 0.6) is 0 Å². The second kappa shape index (κ2) is 8.27. The number of hydrogen-bond donors (Lipinski definition) is 1. The Hall–Kier alpha value is -0.910. The van der Waals surface area contributed by atoms with Crippen LogP contribution in [0.3, 0.4) is 0 Å². The van der Waals surface area contributed by atoms with Crippen molar-refractivity contribution in [3.63, 3.8) is 0 Å². The lowest BCUT2D eigenvalue weighted by Crippen LogP contribution is -2.44. The molecule has 0 spiro atoms. The molecule has 0 bridgehead atoms. The maximum Gasteiger partial charge on any atom is 0.0581 e. The topological polar surface area (TPSA) is 50.5 Å². The summed E-state index contributed by atoms with van der Waals surface area (Å²) in [6.45, 7) is 5.55. The molecule has 2 aliphatic rings. The predicted octanol–water partition coefficient (Wildman–Crippen LogP) is 2.31. The normalized spacial score (nSPS) is 25.5. The van der Waals surface area contributed by atoms with E-state index in [1.54, 1.807) is 0 Å². The molecule has 1 atom stereocenters. The highest BCUT2D eigenvalue weighted by Gasteiger charge is 2.36. The van der Waals surface area contributed by atoms with E-state index >= 15 is 0 Å². The number of aliphatic hydroxyl groups excluding tert-OH is 1. The number of piperidine rings is 1. The quantitative estimate of drug-likeness (QED) is 0.837. The van der Waals surface area contributed by atoms with Gasteiger partial charge in [-0.1, -0.05) is 0 Å². The highest BCUT2D eigenvalue weighted by molar-refractivity contribution is 4.88. The first kappa shape index (κ1) is 16.9. The Bertz CT molecular complexity index is 435. The first-order valence-electron chi connectivity index (χ1n) is 9.22. The highest BCUT2D eigenvalue weighted by Crippen LogP contribution is 2.38. The van der Waals surface area contributed by atoms with Crippen molar-refractivity contribution in [1.29, 1.82) is 0 Å². The minimum absolute atomic E-state index is 0.0977. The summed E-state index contributed by atoms with van der Waals surface area (Å²) in [5, 5.41) is 14.2. The molecular formula is C18H31N3O2. The molecule has 5 heteroatoms. The van der Waals surface area contributed by atoms with Gasteiger partial charge in [0.05, 0.1) is 6.10 Å². The molecule has 0 saturated carbocycles. The molecule has 23 heavy (non-hydrogen) atoms. The second-order valence-corrected chi connectivity index (χ2v) is 7.32. The summed E-state index contributed by atoms with van der Waals surface area (Å²) < 4.78 is 7.91. The van der Waals surface area contributed by atoms with Gasteiger partial charge in [0.2, 0.25) is 0 Å². The zero-order valence-electron chi connectivity index (χ0n) is 14.2. The molecule has 0 aromatic carbocycles. The van der Waals surface area contributed by atoms with Crippen LogP contribution in [-0.2, 0) is 11.3 Å². The molecule has 0 unspecified atom stereocenters. The van der Waals surface area contributed by atoms with Crippen molar-refractivity contribution in [1.82, 2.24) is 14.7 Å². The van der Waals surface area contributed by atoms with E-state index in [1.807, 2.05) is 23.1 Å². The molecule has 3 rings (SSSR count). The van der Waals surface area contributed by atoms with Crippen LogP contribution in [0.4, 0.5) is 0 Å². The van der Waals surface area contributed by atoms with E-state index in [-0.39, 0.29) is 5.41 Å². The zero-order chi connectivity index (χ0) is 16.0. The first-order valence-corrected chi connectivity index (χ1v) is 9.22. The van der Waals surface area contributed by atoms with E-state index in [1.165, 1.54) is 19.3 Å². The number of aryl methyl sites for hydroxylation is 1. The fourth-order valence-corrected chi connectivity index (χ4v) is 4.02. The van der Waals surface area contributed by atoms with Gasteiger partial charge in [-0.05, 0) is 76.1 Å². The molecule has 0 radical (unpaired) electrons. The monoisotopic (exact) mass is 321 g/mol. The summed E-state index contributed by atoms with van der Waals surface area (Å²) in [4.78, 5) is 2.54. The Morgan fingerprint density at radius 1 is 1.22 bits per heavy atom. The van der Waals surface area contributed by atoms with Gasteiger partial charge in [0, 0.05) is 32.2 Å². The highest BCUT2D eigenvalue weighted by atomic mass is 16.5. The minimum Gasteiger partial charge on any atom is -0.396 e. The largest absolute Gasteiger partial charge is 0.396 e. The molecule has 0 aliphatic carbocycles. The van der Waals surface area contributed by atoms with Crippen molar-refractivity contribution < 1.29 is 9.84 Å². The van der Waals surface area contributed by atoms with E-state index < -0.39 is 0 Å². The molecule has 1 aromatic heterocycles. The second-order valence-electron chi connectivity index (χ2n) is 7.32. The maximum absolute atomic E-state index is 9.97. The van der Waals surface area contributed by atoms with E-state index in [9.17, 15) is 5.11 Å². The first-order chi connectivity index (χ1) is 11.3. The van der Waals surface area contributed by atoms with Crippen molar-refractivity contribution in [2.45, 2.75) is 57.6 Å². The van der Waals surface area contributed by atoms with Crippen molar-refractivity contribution in [2.24, 2.45) is 5.41 Å². The van der Waals surface area contributed by atoms with E-state index in [4.69, 9.17) is 4.74 Å². The van der Waals surface area contributed by atoms with Crippen molar-refractivity contribution in [3.8, 4) is 0 Å². The summed E-state index contributed by atoms with van der Waals surface area (Å²) in [6.07, 6.45) is 12.3. The lowest BCUT2D eigenvalue weighted by atomic mass is 9.74. The van der Waals surface area contributed by atoms with Gasteiger partial charge in [-0.25, -0.2) is 0 Å². The van der Waals surface area contributed by atoms with E-state index in [0.29, 0.717) is 12.7 Å². The third-order valence-corrected chi connectivity index (χ3v) is 5.61. The average molecular weight is 321 g/mol. The zero-order valence-corrected chi connectivity index (χ0v) is 14.2.